The number of benzene rings is 1. The van der Waals surface area contributed by atoms with Crippen molar-refractivity contribution in [1.29, 1.82) is 0 Å². The van der Waals surface area contributed by atoms with Crippen LogP contribution in [0.25, 0.3) is 0 Å². The number of rotatable bonds is 5. The van der Waals surface area contributed by atoms with Crippen LogP contribution in [0.1, 0.15) is 38.2 Å². The van der Waals surface area contributed by atoms with Crippen LogP contribution < -0.4 is 4.74 Å². The molecule has 4 heteroatoms. The molecule has 1 aliphatic rings. The van der Waals surface area contributed by atoms with E-state index in [-0.39, 0.29) is 5.78 Å². The highest BCUT2D eigenvalue weighted by Crippen LogP contribution is 2.27. The minimum Gasteiger partial charge on any atom is -0.497 e. The van der Waals surface area contributed by atoms with Gasteiger partial charge in [-0.3, -0.25) is 9.69 Å². The molecule has 1 saturated heterocycles. The molecule has 1 heterocycles. The van der Waals surface area contributed by atoms with E-state index in [1.54, 1.807) is 14.0 Å². The molecule has 1 atom stereocenters. The Morgan fingerprint density at radius 3 is 2.95 bits per heavy atom. The van der Waals surface area contributed by atoms with E-state index in [4.69, 9.17) is 4.74 Å². The monoisotopic (exact) mass is 339 g/mol. The maximum absolute atomic E-state index is 11.4. The predicted octanol–water partition coefficient (Wildman–Crippen LogP) is 3.79. The van der Waals surface area contributed by atoms with E-state index in [1.807, 2.05) is 12.1 Å². The number of methoxy groups -OCH3 is 1. The Balaban J connectivity index is 2.11. The first-order valence-corrected chi connectivity index (χ1v) is 7.95. The number of Topliss-reactive ketones (excluding diaryl/α,β-unsaturated/α-hetero) is 1. The minimum absolute atomic E-state index is 0.284. The fraction of sp³-hybridized carbons (Fsp3) is 0.562. The molecule has 0 aromatic heterocycles. The van der Waals surface area contributed by atoms with Crippen molar-refractivity contribution in [3.63, 3.8) is 0 Å². The quantitative estimate of drug-likeness (QED) is 0.817. The molecule has 0 radical (unpaired) electrons. The highest BCUT2D eigenvalue weighted by atomic mass is 79.9. The van der Waals surface area contributed by atoms with Crippen molar-refractivity contribution in [2.75, 3.05) is 13.7 Å². The molecule has 0 amide bonds. The lowest BCUT2D eigenvalue weighted by Gasteiger charge is -2.35. The molecular weight excluding hydrogens is 318 g/mol. The normalized spacial score (nSPS) is 19.9. The third kappa shape index (κ3) is 4.06. The Hall–Kier alpha value is -0.870. The van der Waals surface area contributed by atoms with Gasteiger partial charge in [0, 0.05) is 23.5 Å². The first-order valence-electron chi connectivity index (χ1n) is 7.16. The van der Waals surface area contributed by atoms with Crippen molar-refractivity contribution in [2.24, 2.45) is 0 Å². The lowest BCUT2D eigenvalue weighted by atomic mass is 9.97. The number of hydrogen-bond donors (Lipinski definition) is 0. The molecule has 0 saturated carbocycles. The Kier molecular flexibility index (Phi) is 5.61. The Labute approximate surface area is 129 Å². The summed E-state index contributed by atoms with van der Waals surface area (Å²) in [7, 11) is 1.69. The number of carbonyl (C=O) groups is 1. The maximum atomic E-state index is 11.4. The van der Waals surface area contributed by atoms with Crippen molar-refractivity contribution in [3.8, 4) is 5.75 Å². The Morgan fingerprint density at radius 1 is 1.45 bits per heavy atom. The van der Waals surface area contributed by atoms with Crippen LogP contribution >= 0.6 is 15.9 Å². The van der Waals surface area contributed by atoms with Gasteiger partial charge in [0.15, 0.2) is 0 Å². The molecule has 1 fully saturated rings. The highest BCUT2D eigenvalue weighted by molar-refractivity contribution is 9.10. The second kappa shape index (κ2) is 7.23. The molecule has 0 aliphatic carbocycles. The maximum Gasteiger partial charge on any atom is 0.131 e. The van der Waals surface area contributed by atoms with Gasteiger partial charge >= 0.3 is 0 Å². The van der Waals surface area contributed by atoms with E-state index in [0.29, 0.717) is 12.5 Å². The Morgan fingerprint density at radius 2 is 2.25 bits per heavy atom. The van der Waals surface area contributed by atoms with Gasteiger partial charge in [-0.2, -0.15) is 0 Å². The van der Waals surface area contributed by atoms with E-state index in [1.165, 1.54) is 18.4 Å². The molecular formula is C16H22BrNO2. The lowest BCUT2D eigenvalue weighted by molar-refractivity contribution is -0.118. The largest absolute Gasteiger partial charge is 0.497 e. The third-order valence-electron chi connectivity index (χ3n) is 3.90. The van der Waals surface area contributed by atoms with Crippen molar-refractivity contribution in [1.82, 2.24) is 4.90 Å². The number of ketones is 1. The zero-order valence-corrected chi connectivity index (χ0v) is 13.8. The molecule has 1 aromatic carbocycles. The first-order chi connectivity index (χ1) is 9.60. The molecule has 2 rings (SSSR count). The second-order valence-electron chi connectivity index (χ2n) is 5.48. The predicted molar refractivity (Wildman–Crippen MR) is 84.0 cm³/mol. The van der Waals surface area contributed by atoms with Crippen LogP contribution in [0.3, 0.4) is 0 Å². The lowest BCUT2D eigenvalue weighted by Crippen LogP contribution is -2.40. The molecule has 1 unspecified atom stereocenters. The molecule has 3 nitrogen and oxygen atoms in total. The van der Waals surface area contributed by atoms with Crippen LogP contribution in [-0.4, -0.2) is 30.4 Å². The average Bonchev–Trinajstić information content (AvgIpc) is 2.43. The van der Waals surface area contributed by atoms with E-state index >= 15 is 0 Å². The number of hydrogen-bond acceptors (Lipinski definition) is 3. The van der Waals surface area contributed by atoms with E-state index in [0.717, 1.165) is 29.7 Å². The second-order valence-corrected chi connectivity index (χ2v) is 6.34. The summed E-state index contributed by atoms with van der Waals surface area (Å²) in [5.41, 5.74) is 1.22. The standard InChI is InChI=1S/C16H22BrNO2/c1-12(19)9-14-5-3-4-8-18(14)11-13-10-15(20-2)6-7-16(13)17/h6-7,10,14H,3-5,8-9,11H2,1-2H3. The fourth-order valence-corrected chi connectivity index (χ4v) is 3.22. The molecule has 1 aromatic rings. The van der Waals surface area contributed by atoms with Crippen LogP contribution in [0, 0.1) is 0 Å². The Bertz CT molecular complexity index is 476. The molecule has 1 aliphatic heterocycles. The number of carbonyl (C=O) groups excluding carboxylic acids is 1. The summed E-state index contributed by atoms with van der Waals surface area (Å²) in [6, 6.07) is 6.44. The zero-order chi connectivity index (χ0) is 14.5. The van der Waals surface area contributed by atoms with E-state index < -0.39 is 0 Å². The van der Waals surface area contributed by atoms with Crippen LogP contribution in [0.2, 0.25) is 0 Å². The van der Waals surface area contributed by atoms with Crippen molar-refractivity contribution in [2.45, 2.75) is 45.2 Å². The summed E-state index contributed by atoms with van der Waals surface area (Å²) in [6.45, 7) is 3.63. The molecule has 0 spiro atoms. The number of likely N-dealkylation sites (tertiary alicyclic amines) is 1. The van der Waals surface area contributed by atoms with Gasteiger partial charge < -0.3 is 4.74 Å². The fourth-order valence-electron chi connectivity index (χ4n) is 2.85. The highest BCUT2D eigenvalue weighted by Gasteiger charge is 2.24. The summed E-state index contributed by atoms with van der Waals surface area (Å²) in [6.07, 6.45) is 4.24. The SMILES string of the molecule is COc1ccc(Br)c(CN2CCCCC2CC(C)=O)c1. The molecule has 20 heavy (non-hydrogen) atoms. The van der Waals surface area contributed by atoms with Gasteiger partial charge in [-0.05, 0) is 50.1 Å². The van der Waals surface area contributed by atoms with E-state index in [2.05, 4.69) is 26.9 Å². The first kappa shape index (κ1) is 15.5. The molecule has 0 N–H and O–H groups in total. The topological polar surface area (TPSA) is 29.5 Å². The summed E-state index contributed by atoms with van der Waals surface area (Å²) in [5.74, 6) is 1.16. The number of halogens is 1. The number of ether oxygens (including phenoxy) is 1. The average molecular weight is 340 g/mol. The van der Waals surface area contributed by atoms with Gasteiger partial charge in [0.05, 0.1) is 7.11 Å². The van der Waals surface area contributed by atoms with Crippen LogP contribution in [-0.2, 0) is 11.3 Å². The van der Waals surface area contributed by atoms with Crippen LogP contribution in [0.15, 0.2) is 22.7 Å². The summed E-state index contributed by atoms with van der Waals surface area (Å²) in [5, 5.41) is 0. The summed E-state index contributed by atoms with van der Waals surface area (Å²) in [4.78, 5) is 13.9. The van der Waals surface area contributed by atoms with E-state index in [9.17, 15) is 4.79 Å². The smallest absolute Gasteiger partial charge is 0.131 e. The zero-order valence-electron chi connectivity index (χ0n) is 12.2. The summed E-state index contributed by atoms with van der Waals surface area (Å²) >= 11 is 3.61. The van der Waals surface area contributed by atoms with Gasteiger partial charge in [0.25, 0.3) is 0 Å². The van der Waals surface area contributed by atoms with Gasteiger partial charge in [-0.1, -0.05) is 22.4 Å². The van der Waals surface area contributed by atoms with Gasteiger partial charge in [-0.15, -0.1) is 0 Å². The minimum atomic E-state index is 0.284. The van der Waals surface area contributed by atoms with Crippen molar-refractivity contribution >= 4 is 21.7 Å². The van der Waals surface area contributed by atoms with Crippen molar-refractivity contribution in [3.05, 3.63) is 28.2 Å². The molecule has 0 bridgehead atoms. The van der Waals surface area contributed by atoms with Crippen LogP contribution in [0.5, 0.6) is 5.75 Å². The third-order valence-corrected chi connectivity index (χ3v) is 4.67. The van der Waals surface area contributed by atoms with Gasteiger partial charge in [0.2, 0.25) is 0 Å². The summed E-state index contributed by atoms with van der Waals surface area (Å²) < 4.78 is 6.40. The van der Waals surface area contributed by atoms with Gasteiger partial charge in [-0.25, -0.2) is 0 Å². The number of nitrogens with zero attached hydrogens (tertiary/aromatic N) is 1. The van der Waals surface area contributed by atoms with Gasteiger partial charge in [0.1, 0.15) is 11.5 Å². The molecule has 110 valence electrons. The van der Waals surface area contributed by atoms with Crippen LogP contribution in [0.4, 0.5) is 0 Å². The van der Waals surface area contributed by atoms with Crippen molar-refractivity contribution < 1.29 is 9.53 Å². The number of piperidine rings is 1.